The Bertz CT molecular complexity index is 429. The van der Waals surface area contributed by atoms with E-state index in [4.69, 9.17) is 5.73 Å². The van der Waals surface area contributed by atoms with Crippen LogP contribution in [0.15, 0.2) is 24.3 Å². The fourth-order valence-electron chi connectivity index (χ4n) is 1.59. The fourth-order valence-corrected chi connectivity index (χ4v) is 1.59. The summed E-state index contributed by atoms with van der Waals surface area (Å²) in [4.78, 5) is 24.8. The van der Waals surface area contributed by atoms with Crippen LogP contribution in [0, 0.1) is 6.92 Å². The molecule has 1 aromatic rings. The summed E-state index contributed by atoms with van der Waals surface area (Å²) < 4.78 is 0. The number of amides is 2. The predicted octanol–water partition coefficient (Wildman–Crippen LogP) is 1.13. The van der Waals surface area contributed by atoms with Gasteiger partial charge in [-0.2, -0.15) is 0 Å². The molecule has 104 valence electrons. The zero-order valence-corrected chi connectivity index (χ0v) is 11.5. The third-order valence-corrected chi connectivity index (χ3v) is 2.74. The molecule has 1 aromatic carbocycles. The number of rotatable bonds is 6. The average Bonchev–Trinajstić information content (AvgIpc) is 2.38. The van der Waals surface area contributed by atoms with Crippen molar-refractivity contribution in [1.82, 2.24) is 4.90 Å². The van der Waals surface area contributed by atoms with Gasteiger partial charge in [0.2, 0.25) is 11.8 Å². The minimum Gasteiger partial charge on any atom is -0.336 e. The largest absolute Gasteiger partial charge is 0.336 e. The quantitative estimate of drug-likeness (QED) is 0.808. The average molecular weight is 263 g/mol. The number of nitrogens with zero attached hydrogens (tertiary/aromatic N) is 1. The molecule has 0 heterocycles. The maximum absolute atomic E-state index is 11.8. The molecule has 2 amide bonds. The van der Waals surface area contributed by atoms with Crippen LogP contribution in [-0.2, 0) is 9.59 Å². The highest BCUT2D eigenvalue weighted by atomic mass is 16.2. The Hall–Kier alpha value is -1.88. The van der Waals surface area contributed by atoms with Gasteiger partial charge in [0, 0.05) is 19.2 Å². The van der Waals surface area contributed by atoms with Crippen molar-refractivity contribution in [2.75, 3.05) is 25.5 Å². The summed E-state index contributed by atoms with van der Waals surface area (Å²) >= 11 is 0. The lowest BCUT2D eigenvalue weighted by atomic mass is 10.2. The Labute approximate surface area is 113 Å². The first kappa shape index (κ1) is 15.2. The van der Waals surface area contributed by atoms with E-state index in [1.807, 2.05) is 31.2 Å². The summed E-state index contributed by atoms with van der Waals surface area (Å²) in [6, 6.07) is 7.52. The van der Waals surface area contributed by atoms with Crippen LogP contribution in [0.3, 0.4) is 0 Å². The third kappa shape index (κ3) is 5.52. The van der Waals surface area contributed by atoms with Gasteiger partial charge in [0.25, 0.3) is 0 Å². The van der Waals surface area contributed by atoms with Crippen molar-refractivity contribution in [1.29, 1.82) is 0 Å². The smallest absolute Gasteiger partial charge is 0.243 e. The van der Waals surface area contributed by atoms with Gasteiger partial charge in [0.1, 0.15) is 0 Å². The van der Waals surface area contributed by atoms with Gasteiger partial charge in [0.15, 0.2) is 0 Å². The van der Waals surface area contributed by atoms with Gasteiger partial charge in [0.05, 0.1) is 6.54 Å². The molecule has 5 nitrogen and oxygen atoms in total. The Balaban J connectivity index is 2.42. The Morgan fingerprint density at radius 2 is 1.89 bits per heavy atom. The van der Waals surface area contributed by atoms with E-state index >= 15 is 0 Å². The zero-order valence-electron chi connectivity index (χ0n) is 11.5. The van der Waals surface area contributed by atoms with Crippen LogP contribution in [0.4, 0.5) is 5.69 Å². The van der Waals surface area contributed by atoms with Crippen molar-refractivity contribution in [3.8, 4) is 0 Å². The van der Waals surface area contributed by atoms with Crippen molar-refractivity contribution >= 4 is 17.5 Å². The molecule has 3 N–H and O–H groups in total. The van der Waals surface area contributed by atoms with E-state index in [2.05, 4.69) is 5.32 Å². The molecule has 0 fully saturated rings. The maximum Gasteiger partial charge on any atom is 0.243 e. The second-order valence-electron chi connectivity index (χ2n) is 4.56. The van der Waals surface area contributed by atoms with Crippen LogP contribution >= 0.6 is 0 Å². The Morgan fingerprint density at radius 3 is 2.47 bits per heavy atom. The molecule has 0 aliphatic carbocycles. The number of carbonyl (C=O) groups is 2. The number of likely N-dealkylation sites (N-methyl/N-ethyl adjacent to an activating group) is 1. The standard InChI is InChI=1S/C14H21N3O2/c1-11-5-7-12(8-6-11)16-13(18)10-17(2)14(19)4-3-9-15/h5-8H,3-4,9-10,15H2,1-2H3,(H,16,18). The van der Waals surface area contributed by atoms with Crippen molar-refractivity contribution in [3.05, 3.63) is 29.8 Å². The van der Waals surface area contributed by atoms with Crippen molar-refractivity contribution in [2.24, 2.45) is 5.73 Å². The molecule has 0 aromatic heterocycles. The van der Waals surface area contributed by atoms with Crippen molar-refractivity contribution in [2.45, 2.75) is 19.8 Å². The van der Waals surface area contributed by atoms with E-state index in [1.54, 1.807) is 7.05 Å². The summed E-state index contributed by atoms with van der Waals surface area (Å²) in [5.41, 5.74) is 7.21. The molecule has 0 saturated heterocycles. The number of hydrogen-bond donors (Lipinski definition) is 2. The number of nitrogens with two attached hydrogens (primary N) is 1. The summed E-state index contributed by atoms with van der Waals surface area (Å²) in [5.74, 6) is -0.267. The second-order valence-corrected chi connectivity index (χ2v) is 4.56. The molecule has 1 rings (SSSR count). The number of benzene rings is 1. The first-order valence-corrected chi connectivity index (χ1v) is 6.33. The van der Waals surface area contributed by atoms with Gasteiger partial charge < -0.3 is 16.0 Å². The summed E-state index contributed by atoms with van der Waals surface area (Å²) in [6.07, 6.45) is 1.02. The molecule has 0 aliphatic heterocycles. The third-order valence-electron chi connectivity index (χ3n) is 2.74. The van der Waals surface area contributed by atoms with E-state index in [0.29, 0.717) is 19.4 Å². The minimum atomic E-state index is -0.201. The molecule has 0 saturated carbocycles. The highest BCUT2D eigenvalue weighted by Crippen LogP contribution is 2.08. The number of carbonyl (C=O) groups excluding carboxylic acids is 2. The number of anilines is 1. The van der Waals surface area contributed by atoms with Gasteiger partial charge in [-0.1, -0.05) is 17.7 Å². The first-order chi connectivity index (χ1) is 9.02. The van der Waals surface area contributed by atoms with Crippen LogP contribution in [0.5, 0.6) is 0 Å². The predicted molar refractivity (Wildman–Crippen MR) is 75.7 cm³/mol. The van der Waals surface area contributed by atoms with Crippen LogP contribution < -0.4 is 11.1 Å². The first-order valence-electron chi connectivity index (χ1n) is 6.33. The van der Waals surface area contributed by atoms with E-state index in [1.165, 1.54) is 4.90 Å². The van der Waals surface area contributed by atoms with E-state index in [0.717, 1.165) is 11.3 Å². The summed E-state index contributed by atoms with van der Waals surface area (Å²) in [7, 11) is 1.62. The Morgan fingerprint density at radius 1 is 1.26 bits per heavy atom. The topological polar surface area (TPSA) is 75.4 Å². The molecule has 0 unspecified atom stereocenters. The molecule has 0 radical (unpaired) electrons. The van der Waals surface area contributed by atoms with Crippen LogP contribution in [0.2, 0.25) is 0 Å². The number of aryl methyl sites for hydroxylation is 1. The lowest BCUT2D eigenvalue weighted by Crippen LogP contribution is -2.35. The normalized spacial score (nSPS) is 10.1. The van der Waals surface area contributed by atoms with Crippen LogP contribution in [-0.4, -0.2) is 36.9 Å². The lowest BCUT2D eigenvalue weighted by Gasteiger charge is -2.16. The van der Waals surface area contributed by atoms with Gasteiger partial charge in [-0.05, 0) is 32.0 Å². The van der Waals surface area contributed by atoms with Gasteiger partial charge in [-0.3, -0.25) is 9.59 Å². The second kappa shape index (κ2) is 7.53. The molecular weight excluding hydrogens is 242 g/mol. The van der Waals surface area contributed by atoms with Gasteiger partial charge in [-0.25, -0.2) is 0 Å². The Kier molecular flexibility index (Phi) is 6.02. The number of nitrogens with one attached hydrogen (secondary N) is 1. The SMILES string of the molecule is Cc1ccc(NC(=O)CN(C)C(=O)CCCN)cc1. The van der Waals surface area contributed by atoms with Gasteiger partial charge >= 0.3 is 0 Å². The molecule has 5 heteroatoms. The fraction of sp³-hybridized carbons (Fsp3) is 0.429. The van der Waals surface area contributed by atoms with E-state index in [-0.39, 0.29) is 18.4 Å². The highest BCUT2D eigenvalue weighted by molar-refractivity contribution is 5.94. The molecule has 0 aliphatic rings. The molecule has 0 atom stereocenters. The van der Waals surface area contributed by atoms with E-state index < -0.39 is 0 Å². The summed E-state index contributed by atoms with van der Waals surface area (Å²) in [6.45, 7) is 2.52. The number of hydrogen-bond acceptors (Lipinski definition) is 3. The molecular formula is C14H21N3O2. The van der Waals surface area contributed by atoms with E-state index in [9.17, 15) is 9.59 Å². The maximum atomic E-state index is 11.8. The van der Waals surface area contributed by atoms with Crippen LogP contribution in [0.25, 0.3) is 0 Å². The molecule has 0 spiro atoms. The summed E-state index contributed by atoms with van der Waals surface area (Å²) in [5, 5.41) is 2.75. The lowest BCUT2D eigenvalue weighted by molar-refractivity contribution is -0.133. The van der Waals surface area contributed by atoms with Crippen molar-refractivity contribution in [3.63, 3.8) is 0 Å². The van der Waals surface area contributed by atoms with Gasteiger partial charge in [-0.15, -0.1) is 0 Å². The van der Waals surface area contributed by atoms with Crippen LogP contribution in [0.1, 0.15) is 18.4 Å². The van der Waals surface area contributed by atoms with Crippen molar-refractivity contribution < 1.29 is 9.59 Å². The molecule has 19 heavy (non-hydrogen) atoms. The zero-order chi connectivity index (χ0) is 14.3. The highest BCUT2D eigenvalue weighted by Gasteiger charge is 2.12. The monoisotopic (exact) mass is 263 g/mol. The molecule has 0 bridgehead atoms. The minimum absolute atomic E-state index is 0.0529.